The fourth-order valence-corrected chi connectivity index (χ4v) is 3.66. The van der Waals surface area contributed by atoms with Crippen LogP contribution in [0.2, 0.25) is 0 Å². The molecule has 128 valence electrons. The number of nitrogens with zero attached hydrogens (tertiary/aromatic N) is 3. The van der Waals surface area contributed by atoms with Gasteiger partial charge in [-0.3, -0.25) is 9.36 Å². The Bertz CT molecular complexity index is 824. The lowest BCUT2D eigenvalue weighted by Crippen LogP contribution is -2.32. The third-order valence-corrected chi connectivity index (χ3v) is 5.31. The molecule has 2 aliphatic rings. The molecule has 0 radical (unpaired) electrons. The number of halogens is 1. The summed E-state index contributed by atoms with van der Waals surface area (Å²) < 4.78 is 15.7. The van der Waals surface area contributed by atoms with Gasteiger partial charge in [-0.1, -0.05) is 19.3 Å². The number of pyridine rings is 1. The van der Waals surface area contributed by atoms with Crippen molar-refractivity contribution in [3.63, 3.8) is 0 Å². The van der Waals surface area contributed by atoms with Crippen LogP contribution in [0.4, 0.5) is 16.0 Å². The molecule has 0 atom stereocenters. The summed E-state index contributed by atoms with van der Waals surface area (Å²) in [5, 5.41) is 3.77. The SMILES string of the molecule is Nc1c(F)c(=O)n(C2CCC2)c2nc(NC3CCCCC3)ncc12. The van der Waals surface area contributed by atoms with E-state index in [0.29, 0.717) is 23.0 Å². The molecule has 0 bridgehead atoms. The van der Waals surface area contributed by atoms with Gasteiger partial charge in [0.25, 0.3) is 5.56 Å². The zero-order chi connectivity index (χ0) is 16.7. The number of hydrogen-bond donors (Lipinski definition) is 2. The third kappa shape index (κ3) is 2.52. The van der Waals surface area contributed by atoms with Crippen molar-refractivity contribution in [3.05, 3.63) is 22.4 Å². The van der Waals surface area contributed by atoms with Crippen LogP contribution in [0.5, 0.6) is 0 Å². The molecule has 0 aromatic carbocycles. The topological polar surface area (TPSA) is 85.8 Å². The number of anilines is 2. The number of nitrogens with two attached hydrogens (primary N) is 1. The molecule has 0 spiro atoms. The van der Waals surface area contributed by atoms with Crippen LogP contribution in [-0.4, -0.2) is 20.6 Å². The van der Waals surface area contributed by atoms with Gasteiger partial charge >= 0.3 is 0 Å². The molecule has 6 nitrogen and oxygen atoms in total. The highest BCUT2D eigenvalue weighted by Crippen LogP contribution is 2.34. The first-order valence-electron chi connectivity index (χ1n) is 8.78. The van der Waals surface area contributed by atoms with Crippen molar-refractivity contribution in [3.8, 4) is 0 Å². The first kappa shape index (κ1) is 15.4. The number of rotatable bonds is 3. The summed E-state index contributed by atoms with van der Waals surface area (Å²) in [5.74, 6) is -0.404. The number of fused-ring (bicyclic) bond motifs is 1. The van der Waals surface area contributed by atoms with Crippen molar-refractivity contribution in [2.45, 2.75) is 63.5 Å². The molecule has 7 heteroatoms. The van der Waals surface area contributed by atoms with E-state index in [1.165, 1.54) is 30.0 Å². The van der Waals surface area contributed by atoms with Gasteiger partial charge in [-0.2, -0.15) is 9.37 Å². The number of aromatic nitrogens is 3. The molecular formula is C17H22FN5O. The van der Waals surface area contributed by atoms with E-state index >= 15 is 0 Å². The molecule has 0 aliphatic heterocycles. The van der Waals surface area contributed by atoms with Gasteiger partial charge in [0.15, 0.2) is 5.65 Å². The van der Waals surface area contributed by atoms with E-state index in [-0.39, 0.29) is 11.7 Å². The summed E-state index contributed by atoms with van der Waals surface area (Å²) >= 11 is 0. The summed E-state index contributed by atoms with van der Waals surface area (Å²) in [6.07, 6.45) is 10.2. The predicted octanol–water partition coefficient (Wildman–Crippen LogP) is 2.98. The fourth-order valence-electron chi connectivity index (χ4n) is 3.66. The van der Waals surface area contributed by atoms with Crippen LogP contribution >= 0.6 is 0 Å². The Labute approximate surface area is 139 Å². The fraction of sp³-hybridized carbons (Fsp3) is 0.588. The van der Waals surface area contributed by atoms with Gasteiger partial charge in [-0.15, -0.1) is 0 Å². The van der Waals surface area contributed by atoms with E-state index < -0.39 is 11.4 Å². The van der Waals surface area contributed by atoms with E-state index in [1.54, 1.807) is 0 Å². The lowest BCUT2D eigenvalue weighted by atomic mass is 9.92. The first-order valence-corrected chi connectivity index (χ1v) is 8.78. The van der Waals surface area contributed by atoms with Gasteiger partial charge in [0, 0.05) is 18.3 Å². The predicted molar refractivity (Wildman–Crippen MR) is 91.6 cm³/mol. The highest BCUT2D eigenvalue weighted by Gasteiger charge is 2.26. The Morgan fingerprint density at radius 2 is 1.92 bits per heavy atom. The second-order valence-electron chi connectivity index (χ2n) is 6.90. The van der Waals surface area contributed by atoms with Gasteiger partial charge in [0.05, 0.1) is 11.1 Å². The zero-order valence-corrected chi connectivity index (χ0v) is 13.6. The molecule has 2 aliphatic carbocycles. The largest absolute Gasteiger partial charge is 0.396 e. The molecule has 2 aromatic heterocycles. The molecular weight excluding hydrogens is 309 g/mol. The molecule has 2 saturated carbocycles. The van der Waals surface area contributed by atoms with Crippen LogP contribution < -0.4 is 16.6 Å². The average Bonchev–Trinajstić information content (AvgIpc) is 2.56. The van der Waals surface area contributed by atoms with Crippen molar-refractivity contribution in [2.24, 2.45) is 0 Å². The van der Waals surface area contributed by atoms with Crippen LogP contribution in [0.25, 0.3) is 11.0 Å². The number of hydrogen-bond acceptors (Lipinski definition) is 5. The molecule has 0 saturated heterocycles. The number of nitrogen functional groups attached to an aromatic ring is 1. The minimum Gasteiger partial charge on any atom is -0.396 e. The Kier molecular flexibility index (Phi) is 3.86. The number of nitrogens with one attached hydrogen (secondary N) is 1. The molecule has 2 heterocycles. The quantitative estimate of drug-likeness (QED) is 0.903. The minimum atomic E-state index is -0.897. The van der Waals surface area contributed by atoms with Gasteiger partial charge < -0.3 is 11.1 Å². The lowest BCUT2D eigenvalue weighted by Gasteiger charge is -2.29. The second-order valence-corrected chi connectivity index (χ2v) is 6.90. The van der Waals surface area contributed by atoms with Crippen LogP contribution in [0, 0.1) is 5.82 Å². The van der Waals surface area contributed by atoms with Gasteiger partial charge in [0.2, 0.25) is 11.8 Å². The third-order valence-electron chi connectivity index (χ3n) is 5.31. The van der Waals surface area contributed by atoms with Gasteiger partial charge in [-0.05, 0) is 32.1 Å². The summed E-state index contributed by atoms with van der Waals surface area (Å²) in [5.41, 5.74) is 5.40. The van der Waals surface area contributed by atoms with Crippen molar-refractivity contribution in [2.75, 3.05) is 11.1 Å². The average molecular weight is 331 g/mol. The maximum atomic E-state index is 14.2. The monoisotopic (exact) mass is 331 g/mol. The summed E-state index contributed by atoms with van der Waals surface area (Å²) in [4.78, 5) is 21.2. The molecule has 0 amide bonds. The van der Waals surface area contributed by atoms with E-state index in [9.17, 15) is 9.18 Å². The van der Waals surface area contributed by atoms with E-state index in [1.807, 2.05) is 0 Å². The standard InChI is InChI=1S/C17H22FN5O/c18-13-14(19)12-9-20-17(21-10-5-2-1-3-6-10)22-15(12)23(16(13)24)11-7-4-8-11/h9-11H,1-8,19H2,(H,20,21,22). The van der Waals surface area contributed by atoms with Crippen molar-refractivity contribution in [1.82, 2.24) is 14.5 Å². The Balaban J connectivity index is 1.79. The highest BCUT2D eigenvalue weighted by atomic mass is 19.1. The molecule has 2 aromatic rings. The molecule has 2 fully saturated rings. The van der Waals surface area contributed by atoms with Crippen molar-refractivity contribution < 1.29 is 4.39 Å². The normalized spacial score (nSPS) is 19.4. The first-order chi connectivity index (χ1) is 11.6. The maximum absolute atomic E-state index is 14.2. The summed E-state index contributed by atoms with van der Waals surface area (Å²) in [6, 6.07) is 0.366. The minimum absolute atomic E-state index is 0.00697. The zero-order valence-electron chi connectivity index (χ0n) is 13.6. The summed E-state index contributed by atoms with van der Waals surface area (Å²) in [7, 11) is 0. The van der Waals surface area contributed by atoms with Crippen LogP contribution in [0.1, 0.15) is 57.4 Å². The molecule has 4 rings (SSSR count). The lowest BCUT2D eigenvalue weighted by molar-refractivity contribution is 0.309. The van der Waals surface area contributed by atoms with E-state index in [2.05, 4.69) is 15.3 Å². The molecule has 0 unspecified atom stereocenters. The van der Waals surface area contributed by atoms with Crippen molar-refractivity contribution >= 4 is 22.7 Å². The molecule has 24 heavy (non-hydrogen) atoms. The Morgan fingerprint density at radius 1 is 1.17 bits per heavy atom. The van der Waals surface area contributed by atoms with E-state index in [4.69, 9.17) is 5.73 Å². The Morgan fingerprint density at radius 3 is 2.58 bits per heavy atom. The molecule has 3 N–H and O–H groups in total. The Hall–Kier alpha value is -2.18. The van der Waals surface area contributed by atoms with Gasteiger partial charge in [-0.25, -0.2) is 4.98 Å². The van der Waals surface area contributed by atoms with Crippen LogP contribution in [0.3, 0.4) is 0 Å². The second kappa shape index (κ2) is 6.03. The van der Waals surface area contributed by atoms with Crippen LogP contribution in [0.15, 0.2) is 11.0 Å². The van der Waals surface area contributed by atoms with Gasteiger partial charge in [0.1, 0.15) is 0 Å². The van der Waals surface area contributed by atoms with E-state index in [0.717, 1.165) is 32.1 Å². The maximum Gasteiger partial charge on any atom is 0.290 e. The summed E-state index contributed by atoms with van der Waals surface area (Å²) in [6.45, 7) is 0. The smallest absolute Gasteiger partial charge is 0.290 e. The van der Waals surface area contributed by atoms with Crippen LogP contribution in [-0.2, 0) is 0 Å². The highest BCUT2D eigenvalue weighted by molar-refractivity contribution is 5.88. The van der Waals surface area contributed by atoms with Crippen molar-refractivity contribution in [1.29, 1.82) is 0 Å².